The number of nitrogens with zero attached hydrogens (tertiary/aromatic N) is 1. The van der Waals surface area contributed by atoms with Gasteiger partial charge in [0.25, 0.3) is 0 Å². The lowest BCUT2D eigenvalue weighted by Crippen LogP contribution is -2.30. The lowest BCUT2D eigenvalue weighted by atomic mass is 10.3. The molecule has 0 saturated heterocycles. The van der Waals surface area contributed by atoms with Gasteiger partial charge in [-0.05, 0) is 29.6 Å². The zero-order valence-electron chi connectivity index (χ0n) is 13.1. The number of hydrogen-bond donors (Lipinski definition) is 0. The fraction of sp³-hybridized carbons (Fsp3) is 0.176. The zero-order chi connectivity index (χ0) is 17.0. The van der Waals surface area contributed by atoms with Crippen LogP contribution in [-0.2, 0) is 23.1 Å². The Hall–Kier alpha value is -2.09. The minimum Gasteiger partial charge on any atom is -0.495 e. The highest BCUT2D eigenvalue weighted by Crippen LogP contribution is 2.29. The van der Waals surface area contributed by atoms with E-state index in [9.17, 15) is 8.42 Å². The molecular formula is C17H17NO4S2. The Morgan fingerprint density at radius 2 is 1.96 bits per heavy atom. The summed E-state index contributed by atoms with van der Waals surface area (Å²) in [6.45, 7) is 0.526. The average molecular weight is 363 g/mol. The Kier molecular flexibility index (Phi) is 5.03. The van der Waals surface area contributed by atoms with E-state index in [1.165, 1.54) is 29.0 Å². The van der Waals surface area contributed by atoms with Gasteiger partial charge >= 0.3 is 0 Å². The van der Waals surface area contributed by atoms with Gasteiger partial charge in [-0.1, -0.05) is 18.2 Å². The van der Waals surface area contributed by atoms with Crippen molar-refractivity contribution in [2.45, 2.75) is 18.0 Å². The van der Waals surface area contributed by atoms with Crippen LogP contribution in [0.2, 0.25) is 0 Å². The third-order valence-corrected chi connectivity index (χ3v) is 6.23. The lowest BCUT2D eigenvalue weighted by Gasteiger charge is -2.22. The highest BCUT2D eigenvalue weighted by Gasteiger charge is 2.28. The van der Waals surface area contributed by atoms with Crippen molar-refractivity contribution in [2.75, 3.05) is 7.11 Å². The number of methoxy groups -OCH3 is 1. The Bertz CT molecular complexity index is 835. The summed E-state index contributed by atoms with van der Waals surface area (Å²) >= 11 is 1.52. The van der Waals surface area contributed by atoms with Crippen LogP contribution < -0.4 is 4.74 Å². The van der Waals surface area contributed by atoms with E-state index in [-0.39, 0.29) is 11.4 Å². The van der Waals surface area contributed by atoms with Crippen molar-refractivity contribution in [2.24, 2.45) is 0 Å². The van der Waals surface area contributed by atoms with Crippen molar-refractivity contribution in [3.63, 3.8) is 0 Å². The van der Waals surface area contributed by atoms with Crippen LogP contribution in [0.1, 0.15) is 10.4 Å². The lowest BCUT2D eigenvalue weighted by molar-refractivity contribution is 0.383. The maximum absolute atomic E-state index is 13.2. The predicted octanol–water partition coefficient (Wildman–Crippen LogP) is 3.74. The third-order valence-electron chi connectivity index (χ3n) is 3.54. The van der Waals surface area contributed by atoms with Gasteiger partial charge in [-0.15, -0.1) is 11.3 Å². The topological polar surface area (TPSA) is 59.8 Å². The third kappa shape index (κ3) is 3.53. The van der Waals surface area contributed by atoms with Crippen molar-refractivity contribution in [3.05, 3.63) is 70.8 Å². The largest absolute Gasteiger partial charge is 0.495 e. The van der Waals surface area contributed by atoms with Crippen LogP contribution in [0.4, 0.5) is 0 Å². The Morgan fingerprint density at radius 3 is 2.62 bits per heavy atom. The van der Waals surface area contributed by atoms with E-state index in [2.05, 4.69) is 0 Å². The average Bonchev–Trinajstić information content (AvgIpc) is 3.28. The smallest absolute Gasteiger partial charge is 0.247 e. The van der Waals surface area contributed by atoms with Crippen LogP contribution in [0, 0.1) is 0 Å². The summed E-state index contributed by atoms with van der Waals surface area (Å²) in [5.74, 6) is 0.334. The van der Waals surface area contributed by atoms with Crippen LogP contribution in [0.15, 0.2) is 69.7 Å². The molecule has 0 aliphatic rings. The number of thiophene rings is 1. The first-order valence-electron chi connectivity index (χ1n) is 7.28. The monoisotopic (exact) mass is 363 g/mol. The molecule has 126 valence electrons. The molecule has 24 heavy (non-hydrogen) atoms. The van der Waals surface area contributed by atoms with E-state index in [0.29, 0.717) is 12.3 Å². The molecule has 3 aromatic rings. The van der Waals surface area contributed by atoms with Crippen LogP contribution in [-0.4, -0.2) is 19.8 Å². The Morgan fingerprint density at radius 1 is 1.12 bits per heavy atom. The molecule has 0 spiro atoms. The van der Waals surface area contributed by atoms with Crippen LogP contribution in [0.3, 0.4) is 0 Å². The summed E-state index contributed by atoms with van der Waals surface area (Å²) < 4.78 is 38.1. The van der Waals surface area contributed by atoms with Crippen molar-refractivity contribution < 1.29 is 17.6 Å². The molecule has 0 N–H and O–H groups in total. The van der Waals surface area contributed by atoms with Crippen molar-refractivity contribution in [3.8, 4) is 5.75 Å². The summed E-state index contributed by atoms with van der Waals surface area (Å²) in [6.07, 6.45) is 3.09. The van der Waals surface area contributed by atoms with E-state index in [1.54, 1.807) is 36.6 Å². The molecule has 0 atom stereocenters. The molecule has 0 saturated carbocycles. The SMILES string of the molecule is COc1ccccc1S(=O)(=O)N(Cc1ccoc1)Cc1cccs1. The van der Waals surface area contributed by atoms with Gasteiger partial charge in [0.1, 0.15) is 10.6 Å². The maximum Gasteiger partial charge on any atom is 0.247 e. The number of para-hydroxylation sites is 1. The Labute approximate surface area is 145 Å². The summed E-state index contributed by atoms with van der Waals surface area (Å²) in [7, 11) is -2.26. The minimum absolute atomic E-state index is 0.160. The molecular weight excluding hydrogens is 346 g/mol. The van der Waals surface area contributed by atoms with Gasteiger partial charge in [0.15, 0.2) is 0 Å². The molecule has 2 heterocycles. The van der Waals surface area contributed by atoms with Gasteiger partial charge in [-0.25, -0.2) is 8.42 Å². The van der Waals surface area contributed by atoms with Crippen molar-refractivity contribution >= 4 is 21.4 Å². The van der Waals surface area contributed by atoms with E-state index >= 15 is 0 Å². The van der Waals surface area contributed by atoms with Gasteiger partial charge in [-0.2, -0.15) is 4.31 Å². The van der Waals surface area contributed by atoms with Crippen LogP contribution in [0.5, 0.6) is 5.75 Å². The first-order chi connectivity index (χ1) is 11.6. The van der Waals surface area contributed by atoms with E-state index < -0.39 is 10.0 Å². The quantitative estimate of drug-likeness (QED) is 0.642. The summed E-state index contributed by atoms with van der Waals surface area (Å²) in [6, 6.07) is 12.2. The van der Waals surface area contributed by atoms with Gasteiger partial charge in [-0.3, -0.25) is 0 Å². The van der Waals surface area contributed by atoms with Gasteiger partial charge in [0.05, 0.1) is 19.6 Å². The number of benzene rings is 1. The fourth-order valence-corrected chi connectivity index (χ4v) is 4.72. The number of furan rings is 1. The fourth-order valence-electron chi connectivity index (χ4n) is 2.36. The Balaban J connectivity index is 1.99. The van der Waals surface area contributed by atoms with Crippen molar-refractivity contribution in [1.29, 1.82) is 0 Å². The second-order valence-electron chi connectivity index (χ2n) is 5.13. The molecule has 0 aliphatic carbocycles. The molecule has 1 aromatic carbocycles. The molecule has 0 fully saturated rings. The van der Waals surface area contributed by atoms with Crippen LogP contribution in [0.25, 0.3) is 0 Å². The number of rotatable bonds is 7. The highest BCUT2D eigenvalue weighted by molar-refractivity contribution is 7.89. The number of sulfonamides is 1. The molecule has 0 unspecified atom stereocenters. The standard InChI is InChI=1S/C17H17NO4S2/c1-21-16-6-2-3-7-17(16)24(19,20)18(11-14-8-9-22-13-14)12-15-5-4-10-23-15/h2-10,13H,11-12H2,1H3. The first kappa shape index (κ1) is 16.8. The van der Waals surface area contributed by atoms with Crippen LogP contribution >= 0.6 is 11.3 Å². The number of hydrogen-bond acceptors (Lipinski definition) is 5. The van der Waals surface area contributed by atoms with Crippen molar-refractivity contribution in [1.82, 2.24) is 4.31 Å². The molecule has 0 bridgehead atoms. The normalized spacial score (nSPS) is 11.8. The molecule has 5 nitrogen and oxygen atoms in total. The zero-order valence-corrected chi connectivity index (χ0v) is 14.7. The van der Waals surface area contributed by atoms with Gasteiger partial charge < -0.3 is 9.15 Å². The maximum atomic E-state index is 13.2. The highest BCUT2D eigenvalue weighted by atomic mass is 32.2. The molecule has 0 amide bonds. The van der Waals surface area contributed by atoms with E-state index in [0.717, 1.165) is 10.4 Å². The molecule has 0 aliphatic heterocycles. The summed E-state index contributed by atoms with van der Waals surface area (Å²) in [5, 5.41) is 1.93. The first-order valence-corrected chi connectivity index (χ1v) is 9.60. The predicted molar refractivity (Wildman–Crippen MR) is 92.5 cm³/mol. The molecule has 7 heteroatoms. The molecule has 2 aromatic heterocycles. The number of ether oxygens (including phenoxy) is 1. The van der Waals surface area contributed by atoms with Gasteiger partial charge in [0.2, 0.25) is 10.0 Å². The van der Waals surface area contributed by atoms with E-state index in [4.69, 9.17) is 9.15 Å². The summed E-state index contributed by atoms with van der Waals surface area (Å²) in [5.41, 5.74) is 0.796. The van der Waals surface area contributed by atoms with E-state index in [1.807, 2.05) is 17.5 Å². The second kappa shape index (κ2) is 7.21. The summed E-state index contributed by atoms with van der Waals surface area (Å²) in [4.78, 5) is 1.13. The second-order valence-corrected chi connectivity index (χ2v) is 8.07. The minimum atomic E-state index is -3.72. The molecule has 3 rings (SSSR count). The molecule has 0 radical (unpaired) electrons. The van der Waals surface area contributed by atoms with Gasteiger partial charge in [0, 0.05) is 23.5 Å².